The van der Waals surface area contributed by atoms with Gasteiger partial charge in [0.25, 0.3) is 11.8 Å². The summed E-state index contributed by atoms with van der Waals surface area (Å²) >= 11 is 0.527. The molecule has 1 aromatic heterocycles. The van der Waals surface area contributed by atoms with E-state index in [4.69, 9.17) is 10.5 Å². The first-order valence-electron chi connectivity index (χ1n) is 9.08. The number of amides is 2. The molecule has 1 saturated heterocycles. The number of ether oxygens (including phenoxy) is 1. The van der Waals surface area contributed by atoms with Crippen molar-refractivity contribution >= 4 is 23.2 Å². The minimum atomic E-state index is -3.35. The van der Waals surface area contributed by atoms with E-state index in [-0.39, 0.29) is 28.4 Å². The van der Waals surface area contributed by atoms with Gasteiger partial charge in [0, 0.05) is 24.7 Å². The quantitative estimate of drug-likeness (QED) is 0.667. The highest BCUT2D eigenvalue weighted by molar-refractivity contribution is 7.14. The highest BCUT2D eigenvalue weighted by Gasteiger charge is 2.42. The predicted octanol–water partition coefficient (Wildman–Crippen LogP) is 1.73. The van der Waals surface area contributed by atoms with Crippen molar-refractivity contribution in [1.82, 2.24) is 9.88 Å². The van der Waals surface area contributed by atoms with Gasteiger partial charge in [0.05, 0.1) is 5.69 Å². The molecule has 4 rings (SSSR count). The van der Waals surface area contributed by atoms with Crippen molar-refractivity contribution in [3.63, 3.8) is 0 Å². The van der Waals surface area contributed by atoms with Crippen molar-refractivity contribution in [1.29, 1.82) is 0 Å². The van der Waals surface area contributed by atoms with Crippen LogP contribution >= 0.6 is 11.3 Å². The predicted molar refractivity (Wildman–Crippen MR) is 104 cm³/mol. The number of halogens is 2. The Labute approximate surface area is 174 Å². The second-order valence-electron chi connectivity index (χ2n) is 7.21. The molecule has 7 nitrogen and oxygen atoms in total. The lowest BCUT2D eigenvalue weighted by Crippen LogP contribution is -2.51. The SMILES string of the molecule is CN1CCC[C@@](O)(C#Cc2ccc3c(c2)-c2nc(C(N)=O)sc2C(F)(F)CO3)C1=O. The van der Waals surface area contributed by atoms with E-state index in [9.17, 15) is 23.5 Å². The summed E-state index contributed by atoms with van der Waals surface area (Å²) < 4.78 is 34.3. The second-order valence-corrected chi connectivity index (χ2v) is 8.20. The maximum atomic E-state index is 14.5. The molecule has 30 heavy (non-hydrogen) atoms. The van der Waals surface area contributed by atoms with Gasteiger partial charge in [-0.3, -0.25) is 9.59 Å². The molecule has 2 aliphatic rings. The Hall–Kier alpha value is -3.03. The van der Waals surface area contributed by atoms with E-state index < -0.39 is 34.8 Å². The lowest BCUT2D eigenvalue weighted by Gasteiger charge is -2.32. The number of nitrogens with zero attached hydrogens (tertiary/aromatic N) is 2. The second kappa shape index (κ2) is 7.04. The summed E-state index contributed by atoms with van der Waals surface area (Å²) in [5, 5.41) is 10.4. The average Bonchev–Trinajstić information content (AvgIpc) is 3.12. The topological polar surface area (TPSA) is 106 Å². The number of carbonyl (C=O) groups excluding carboxylic acids is 2. The number of benzene rings is 1. The monoisotopic (exact) mass is 433 g/mol. The van der Waals surface area contributed by atoms with Gasteiger partial charge >= 0.3 is 5.92 Å². The number of primary amides is 1. The van der Waals surface area contributed by atoms with E-state index >= 15 is 0 Å². The molecular formula is C20H17F2N3O4S. The van der Waals surface area contributed by atoms with E-state index in [0.29, 0.717) is 29.9 Å². The molecule has 0 aliphatic carbocycles. The summed E-state index contributed by atoms with van der Waals surface area (Å²) in [4.78, 5) is 28.7. The molecule has 0 radical (unpaired) electrons. The Balaban J connectivity index is 1.78. The number of piperidine rings is 1. The van der Waals surface area contributed by atoms with Gasteiger partial charge in [-0.1, -0.05) is 11.8 Å². The molecule has 0 spiro atoms. The minimum Gasteiger partial charge on any atom is -0.486 e. The van der Waals surface area contributed by atoms with Crippen LogP contribution in [0, 0.1) is 11.8 Å². The van der Waals surface area contributed by atoms with E-state index in [1.807, 2.05) is 0 Å². The first-order chi connectivity index (χ1) is 14.1. The van der Waals surface area contributed by atoms with Gasteiger partial charge in [-0.25, -0.2) is 4.98 Å². The van der Waals surface area contributed by atoms with Gasteiger partial charge < -0.3 is 20.5 Å². The number of carbonyl (C=O) groups is 2. The number of likely N-dealkylation sites (N-methyl/N-ethyl adjacent to an activating group) is 1. The fourth-order valence-corrected chi connectivity index (χ4v) is 4.29. The Morgan fingerprint density at radius 2 is 2.20 bits per heavy atom. The van der Waals surface area contributed by atoms with Gasteiger partial charge in [-0.15, -0.1) is 11.3 Å². The Morgan fingerprint density at radius 1 is 1.43 bits per heavy atom. The van der Waals surface area contributed by atoms with Crippen molar-refractivity contribution in [2.45, 2.75) is 24.4 Å². The van der Waals surface area contributed by atoms with E-state index in [0.717, 1.165) is 0 Å². The molecule has 0 saturated carbocycles. The molecule has 0 unspecified atom stereocenters. The minimum absolute atomic E-state index is 0.0952. The zero-order chi connectivity index (χ0) is 21.7. The number of fused-ring (bicyclic) bond motifs is 3. The summed E-state index contributed by atoms with van der Waals surface area (Å²) in [6, 6.07) is 4.48. The summed E-state index contributed by atoms with van der Waals surface area (Å²) in [5.74, 6) is 0.799. The largest absolute Gasteiger partial charge is 0.486 e. The van der Waals surface area contributed by atoms with Crippen molar-refractivity contribution < 1.29 is 28.2 Å². The van der Waals surface area contributed by atoms with Crippen molar-refractivity contribution in [3.05, 3.63) is 33.6 Å². The maximum Gasteiger partial charge on any atom is 0.317 e. The van der Waals surface area contributed by atoms with Gasteiger partial charge in [-0.2, -0.15) is 8.78 Å². The van der Waals surface area contributed by atoms with Crippen molar-refractivity contribution in [3.8, 4) is 28.8 Å². The molecule has 0 bridgehead atoms. The number of alkyl halides is 2. The van der Waals surface area contributed by atoms with Crippen LogP contribution in [0.25, 0.3) is 11.3 Å². The first kappa shape index (κ1) is 20.3. The maximum absolute atomic E-state index is 14.5. The molecule has 1 aromatic carbocycles. The molecular weight excluding hydrogens is 416 g/mol. The van der Waals surface area contributed by atoms with E-state index in [1.165, 1.54) is 23.1 Å². The van der Waals surface area contributed by atoms with Crippen LogP contribution in [0.4, 0.5) is 8.78 Å². The Kier molecular flexibility index (Phi) is 4.75. The number of aliphatic hydroxyl groups is 1. The number of hydrogen-bond donors (Lipinski definition) is 2. The fraction of sp³-hybridized carbons (Fsp3) is 0.350. The molecule has 2 aromatic rings. The number of likely N-dealkylation sites (tertiary alicyclic amines) is 1. The van der Waals surface area contributed by atoms with Gasteiger partial charge in [-0.05, 0) is 31.0 Å². The number of hydrogen-bond acceptors (Lipinski definition) is 6. The molecule has 10 heteroatoms. The standard InChI is InChI=1S/C20H17F2N3O4S/c1-25-8-2-6-19(28,18(25)27)7-5-11-3-4-13-12(9-11)14-15(20(21,22)10-29-13)30-17(24-14)16(23)26/h3-4,9,28H,2,6,8,10H2,1H3,(H2,23,26)/t19-/m1/s1. The van der Waals surface area contributed by atoms with Gasteiger partial charge in [0.15, 0.2) is 11.6 Å². The first-order valence-corrected chi connectivity index (χ1v) is 9.90. The molecule has 2 amide bonds. The number of nitrogens with two attached hydrogens (primary N) is 1. The van der Waals surface area contributed by atoms with E-state index in [2.05, 4.69) is 16.8 Å². The van der Waals surface area contributed by atoms with E-state index in [1.54, 1.807) is 7.05 Å². The molecule has 1 fully saturated rings. The van der Waals surface area contributed by atoms with Crippen LogP contribution in [0.15, 0.2) is 18.2 Å². The molecule has 1 atom stereocenters. The van der Waals surface area contributed by atoms with Crippen LogP contribution in [0.5, 0.6) is 5.75 Å². The number of thiazole rings is 1. The number of aromatic nitrogens is 1. The Morgan fingerprint density at radius 3 is 2.93 bits per heavy atom. The molecule has 156 valence electrons. The van der Waals surface area contributed by atoms with Crippen LogP contribution in [-0.4, -0.2) is 52.6 Å². The third-order valence-corrected chi connectivity index (χ3v) is 6.14. The zero-order valence-electron chi connectivity index (χ0n) is 15.9. The highest BCUT2D eigenvalue weighted by atomic mass is 32.1. The Bertz CT molecular complexity index is 1120. The fourth-order valence-electron chi connectivity index (χ4n) is 3.40. The lowest BCUT2D eigenvalue weighted by molar-refractivity contribution is -0.148. The van der Waals surface area contributed by atoms with Crippen LogP contribution in [0.1, 0.15) is 33.1 Å². The smallest absolute Gasteiger partial charge is 0.317 e. The zero-order valence-corrected chi connectivity index (χ0v) is 16.7. The van der Waals surface area contributed by atoms with Gasteiger partial charge in [0.2, 0.25) is 5.60 Å². The lowest BCUT2D eigenvalue weighted by atomic mass is 9.92. The highest BCUT2D eigenvalue weighted by Crippen LogP contribution is 2.46. The summed E-state index contributed by atoms with van der Waals surface area (Å²) in [5.41, 5.74) is 3.93. The molecule has 3 heterocycles. The third kappa shape index (κ3) is 3.40. The van der Waals surface area contributed by atoms with Crippen LogP contribution < -0.4 is 10.5 Å². The van der Waals surface area contributed by atoms with Crippen LogP contribution in [0.3, 0.4) is 0 Å². The summed E-state index contributed by atoms with van der Waals surface area (Å²) in [6.45, 7) is -0.360. The average molecular weight is 433 g/mol. The van der Waals surface area contributed by atoms with Crippen molar-refractivity contribution in [2.24, 2.45) is 5.73 Å². The number of rotatable bonds is 1. The molecule has 3 N–H and O–H groups in total. The molecule has 2 aliphatic heterocycles. The third-order valence-electron chi connectivity index (χ3n) is 4.96. The summed E-state index contributed by atoms with van der Waals surface area (Å²) in [7, 11) is 1.59. The van der Waals surface area contributed by atoms with Crippen molar-refractivity contribution in [2.75, 3.05) is 20.2 Å². The van der Waals surface area contributed by atoms with Crippen LogP contribution in [0.2, 0.25) is 0 Å². The normalized spacial score (nSPS) is 22.1. The van der Waals surface area contributed by atoms with Crippen LogP contribution in [-0.2, 0) is 10.7 Å². The van der Waals surface area contributed by atoms with Gasteiger partial charge in [0.1, 0.15) is 10.6 Å². The summed E-state index contributed by atoms with van der Waals surface area (Å²) in [6.07, 6.45) is 0.820.